The van der Waals surface area contributed by atoms with Gasteiger partial charge in [0, 0.05) is 19.5 Å². The molecule has 1 aromatic heterocycles. The van der Waals surface area contributed by atoms with Crippen molar-refractivity contribution in [3.05, 3.63) is 77.2 Å². The van der Waals surface area contributed by atoms with Gasteiger partial charge in [0.2, 0.25) is 10.0 Å². The highest BCUT2D eigenvalue weighted by Gasteiger charge is 2.32. The van der Waals surface area contributed by atoms with Gasteiger partial charge in [0.15, 0.2) is 5.69 Å². The standard InChI is InChI=1S/C23H24N4O7S/c1-27-19-11-15(21(28)26-35(2,31)32)8-9-20(19)33-13-18(23(27)30)24-22(29)17-12-16(34-25-17)10-14-6-4-3-5-7-14/h3-9,11-12,18,21,26,28H,10,13H2,1-2H3,(H,24,29)/t18-,21?/m0/s1. The lowest BCUT2D eigenvalue weighted by Gasteiger charge is -2.21. The van der Waals surface area contributed by atoms with E-state index in [1.54, 1.807) is 0 Å². The molecule has 0 spiro atoms. The van der Waals surface area contributed by atoms with Gasteiger partial charge in [0.05, 0.1) is 11.9 Å². The number of anilines is 1. The van der Waals surface area contributed by atoms with Crippen molar-refractivity contribution in [2.24, 2.45) is 0 Å². The first-order chi connectivity index (χ1) is 16.6. The highest BCUT2D eigenvalue weighted by Crippen LogP contribution is 2.33. The summed E-state index contributed by atoms with van der Waals surface area (Å²) < 4.78 is 35.9. The van der Waals surface area contributed by atoms with Crippen molar-refractivity contribution in [1.29, 1.82) is 0 Å². The molecular weight excluding hydrogens is 476 g/mol. The van der Waals surface area contributed by atoms with Crippen molar-refractivity contribution in [2.45, 2.75) is 18.7 Å². The number of carbonyl (C=O) groups excluding carboxylic acids is 2. The normalized spacial score (nSPS) is 16.7. The molecule has 1 aliphatic rings. The summed E-state index contributed by atoms with van der Waals surface area (Å²) >= 11 is 0. The Labute approximate surface area is 201 Å². The number of nitrogens with one attached hydrogen (secondary N) is 2. The van der Waals surface area contributed by atoms with Gasteiger partial charge >= 0.3 is 0 Å². The van der Waals surface area contributed by atoms with Crippen molar-refractivity contribution in [2.75, 3.05) is 24.8 Å². The molecule has 11 nitrogen and oxygen atoms in total. The second kappa shape index (κ2) is 9.86. The third-order valence-corrected chi connectivity index (χ3v) is 5.99. The lowest BCUT2D eigenvalue weighted by molar-refractivity contribution is -0.120. The minimum atomic E-state index is -3.66. The van der Waals surface area contributed by atoms with Crippen LogP contribution in [0.25, 0.3) is 0 Å². The van der Waals surface area contributed by atoms with Crippen molar-refractivity contribution in [1.82, 2.24) is 15.2 Å². The minimum absolute atomic E-state index is 0.0328. The van der Waals surface area contributed by atoms with E-state index >= 15 is 0 Å². The number of aliphatic hydroxyl groups excluding tert-OH is 1. The predicted octanol–water partition coefficient (Wildman–Crippen LogP) is 0.959. The fourth-order valence-electron chi connectivity index (χ4n) is 3.59. The first-order valence-corrected chi connectivity index (χ1v) is 12.5. The molecule has 0 bridgehead atoms. The smallest absolute Gasteiger partial charge is 0.274 e. The average molecular weight is 501 g/mol. The summed E-state index contributed by atoms with van der Waals surface area (Å²) in [6.45, 7) is -0.139. The van der Waals surface area contributed by atoms with E-state index < -0.39 is 34.1 Å². The van der Waals surface area contributed by atoms with Crippen LogP contribution in [0.15, 0.2) is 59.1 Å². The number of hydrogen-bond donors (Lipinski definition) is 3. The molecule has 3 aromatic rings. The zero-order valence-corrected chi connectivity index (χ0v) is 19.8. The average Bonchev–Trinajstić information content (AvgIpc) is 3.24. The van der Waals surface area contributed by atoms with E-state index in [0.717, 1.165) is 11.8 Å². The second-order valence-corrected chi connectivity index (χ2v) is 9.87. The zero-order chi connectivity index (χ0) is 25.2. The Hall–Kier alpha value is -3.74. The third kappa shape index (κ3) is 5.85. The van der Waals surface area contributed by atoms with Gasteiger partial charge < -0.3 is 24.6 Å². The molecule has 1 aliphatic heterocycles. The SMILES string of the molecule is CN1C(=O)[C@@H](NC(=O)c2cc(Cc3ccccc3)on2)COc2ccc(C(O)NS(C)(=O)=O)cc21. The highest BCUT2D eigenvalue weighted by atomic mass is 32.2. The molecular formula is C23H24N4O7S. The van der Waals surface area contributed by atoms with Crippen molar-refractivity contribution in [3.8, 4) is 5.75 Å². The molecule has 0 saturated heterocycles. The molecule has 2 atom stereocenters. The third-order valence-electron chi connectivity index (χ3n) is 5.34. The highest BCUT2D eigenvalue weighted by molar-refractivity contribution is 7.88. The van der Waals surface area contributed by atoms with Crippen LogP contribution in [0.2, 0.25) is 0 Å². The fraction of sp³-hybridized carbons (Fsp3) is 0.261. The quantitative estimate of drug-likeness (QED) is 0.406. The van der Waals surface area contributed by atoms with E-state index in [4.69, 9.17) is 9.26 Å². The van der Waals surface area contributed by atoms with Crippen LogP contribution in [-0.4, -0.2) is 56.4 Å². The Kier molecular flexibility index (Phi) is 6.87. The number of aromatic nitrogens is 1. The van der Waals surface area contributed by atoms with Gasteiger partial charge in [-0.1, -0.05) is 41.6 Å². The topological polar surface area (TPSA) is 151 Å². The molecule has 2 amide bonds. The molecule has 1 unspecified atom stereocenters. The monoisotopic (exact) mass is 500 g/mol. The number of hydrogen-bond acceptors (Lipinski definition) is 8. The summed E-state index contributed by atoms with van der Waals surface area (Å²) in [6, 6.07) is 14.5. The lowest BCUT2D eigenvalue weighted by Crippen LogP contribution is -2.49. The Balaban J connectivity index is 1.45. The maximum absolute atomic E-state index is 13.0. The van der Waals surface area contributed by atoms with E-state index in [1.165, 1.54) is 36.2 Å². The van der Waals surface area contributed by atoms with Crippen molar-refractivity contribution < 1.29 is 32.4 Å². The number of sulfonamides is 1. The molecule has 35 heavy (non-hydrogen) atoms. The Bertz CT molecular complexity index is 1340. The summed E-state index contributed by atoms with van der Waals surface area (Å²) in [5, 5.41) is 16.6. The van der Waals surface area contributed by atoms with E-state index in [1.807, 2.05) is 30.3 Å². The van der Waals surface area contributed by atoms with Gasteiger partial charge in [-0.3, -0.25) is 9.59 Å². The Morgan fingerprint density at radius 3 is 2.69 bits per heavy atom. The summed E-state index contributed by atoms with van der Waals surface area (Å²) in [6.07, 6.45) is -0.118. The van der Waals surface area contributed by atoms with Crippen LogP contribution >= 0.6 is 0 Å². The first kappa shape index (κ1) is 24.4. The second-order valence-electron chi connectivity index (χ2n) is 8.09. The Morgan fingerprint density at radius 1 is 1.23 bits per heavy atom. The molecule has 4 rings (SSSR count). The van der Waals surface area contributed by atoms with Gasteiger partial charge in [0.25, 0.3) is 11.8 Å². The van der Waals surface area contributed by atoms with Gasteiger partial charge in [0.1, 0.15) is 30.4 Å². The number of likely N-dealkylation sites (N-methyl/N-ethyl adjacent to an activating group) is 1. The number of amides is 2. The fourth-order valence-corrected chi connectivity index (χ4v) is 4.13. The number of nitrogens with zero attached hydrogens (tertiary/aromatic N) is 2. The van der Waals surface area contributed by atoms with E-state index in [9.17, 15) is 23.1 Å². The summed E-state index contributed by atoms with van der Waals surface area (Å²) in [5.41, 5.74) is 1.56. The first-order valence-electron chi connectivity index (χ1n) is 10.6. The maximum atomic E-state index is 13.0. The molecule has 0 aliphatic carbocycles. The summed E-state index contributed by atoms with van der Waals surface area (Å²) in [4.78, 5) is 27.1. The molecule has 0 saturated carbocycles. The largest absolute Gasteiger partial charge is 0.489 e. The number of rotatable bonds is 7. The van der Waals surface area contributed by atoms with Gasteiger partial charge in [-0.2, -0.15) is 4.72 Å². The summed E-state index contributed by atoms with van der Waals surface area (Å²) in [7, 11) is -2.17. The van der Waals surface area contributed by atoms with Crippen LogP contribution in [0.1, 0.15) is 33.6 Å². The Morgan fingerprint density at radius 2 is 1.97 bits per heavy atom. The zero-order valence-electron chi connectivity index (χ0n) is 19.0. The summed E-state index contributed by atoms with van der Waals surface area (Å²) in [5.74, 6) is -0.224. The molecule has 12 heteroatoms. The van der Waals surface area contributed by atoms with Crippen LogP contribution in [0.3, 0.4) is 0 Å². The molecule has 2 aromatic carbocycles. The van der Waals surface area contributed by atoms with Gasteiger partial charge in [-0.05, 0) is 23.3 Å². The molecule has 2 heterocycles. The lowest BCUT2D eigenvalue weighted by atomic mass is 10.1. The van der Waals surface area contributed by atoms with E-state index in [2.05, 4.69) is 15.2 Å². The molecule has 3 N–H and O–H groups in total. The van der Waals surface area contributed by atoms with Crippen LogP contribution in [0.4, 0.5) is 5.69 Å². The molecule has 184 valence electrons. The maximum Gasteiger partial charge on any atom is 0.274 e. The number of ether oxygens (including phenoxy) is 1. The van der Waals surface area contributed by atoms with Crippen LogP contribution < -0.4 is 19.7 Å². The van der Waals surface area contributed by atoms with Crippen LogP contribution in [0, 0.1) is 0 Å². The number of fused-ring (bicyclic) bond motifs is 1. The van der Waals surface area contributed by atoms with Crippen molar-refractivity contribution in [3.63, 3.8) is 0 Å². The molecule has 0 radical (unpaired) electrons. The number of carbonyl (C=O) groups is 2. The van der Waals surface area contributed by atoms with E-state index in [0.29, 0.717) is 23.6 Å². The number of benzene rings is 2. The predicted molar refractivity (Wildman–Crippen MR) is 125 cm³/mol. The van der Waals surface area contributed by atoms with Gasteiger partial charge in [-0.25, -0.2) is 8.42 Å². The molecule has 0 fully saturated rings. The van der Waals surface area contributed by atoms with E-state index in [-0.39, 0.29) is 17.9 Å². The minimum Gasteiger partial charge on any atom is -0.489 e. The number of aliphatic hydroxyl groups is 1. The van der Waals surface area contributed by atoms with Crippen LogP contribution in [-0.2, 0) is 21.2 Å². The van der Waals surface area contributed by atoms with Crippen LogP contribution in [0.5, 0.6) is 5.75 Å². The van der Waals surface area contributed by atoms with Gasteiger partial charge in [-0.15, -0.1) is 0 Å². The van der Waals surface area contributed by atoms with Crippen molar-refractivity contribution >= 4 is 27.5 Å².